The standard InChI is InChI=1S/C29H33NO4/c31-27(20-34-28-8-4-3-7-25(28)18-26-13-16-33-29(26)32)19-30-14-11-22(12-15-30)24-10-9-21-5-1-2-6-23(21)17-24/h1-10,17,22,26-27,31H,11-16,18-20H2/t26?,27-/m0/s1. The van der Waals surface area contributed by atoms with Crippen molar-refractivity contribution in [3.63, 3.8) is 0 Å². The number of carbonyl (C=O) groups excluding carboxylic acids is 1. The van der Waals surface area contributed by atoms with E-state index in [1.54, 1.807) is 0 Å². The van der Waals surface area contributed by atoms with Crippen molar-refractivity contribution in [2.75, 3.05) is 32.8 Å². The average Bonchev–Trinajstić information content (AvgIpc) is 3.28. The Hall–Kier alpha value is -2.89. The van der Waals surface area contributed by atoms with Gasteiger partial charge < -0.3 is 19.5 Å². The van der Waals surface area contributed by atoms with Crippen LogP contribution in [0.4, 0.5) is 0 Å². The van der Waals surface area contributed by atoms with Gasteiger partial charge in [0.2, 0.25) is 0 Å². The number of aliphatic hydroxyl groups excluding tert-OH is 1. The summed E-state index contributed by atoms with van der Waals surface area (Å²) in [6.07, 6.45) is 3.03. The fourth-order valence-corrected chi connectivity index (χ4v) is 5.25. The van der Waals surface area contributed by atoms with Crippen molar-refractivity contribution in [1.29, 1.82) is 0 Å². The molecule has 2 aliphatic rings. The summed E-state index contributed by atoms with van der Waals surface area (Å²) in [7, 11) is 0. The van der Waals surface area contributed by atoms with E-state index in [0.717, 1.165) is 43.7 Å². The molecule has 2 atom stereocenters. The molecule has 2 aliphatic heterocycles. The molecule has 178 valence electrons. The fourth-order valence-electron chi connectivity index (χ4n) is 5.25. The van der Waals surface area contributed by atoms with Gasteiger partial charge in [-0.1, -0.05) is 60.7 Å². The number of esters is 1. The zero-order valence-electron chi connectivity index (χ0n) is 19.6. The molecule has 2 heterocycles. The van der Waals surface area contributed by atoms with Crippen LogP contribution < -0.4 is 4.74 Å². The third-order valence-electron chi connectivity index (χ3n) is 7.22. The van der Waals surface area contributed by atoms with Crippen LogP contribution in [0.15, 0.2) is 66.7 Å². The number of piperidine rings is 1. The van der Waals surface area contributed by atoms with E-state index in [9.17, 15) is 9.90 Å². The Morgan fingerprint density at radius 2 is 1.74 bits per heavy atom. The fraction of sp³-hybridized carbons (Fsp3) is 0.414. The highest BCUT2D eigenvalue weighted by atomic mass is 16.5. The first-order valence-corrected chi connectivity index (χ1v) is 12.4. The summed E-state index contributed by atoms with van der Waals surface area (Å²) in [6.45, 7) is 3.32. The number of fused-ring (bicyclic) bond motifs is 1. The van der Waals surface area contributed by atoms with Gasteiger partial charge >= 0.3 is 5.97 Å². The van der Waals surface area contributed by atoms with Gasteiger partial charge in [0.15, 0.2) is 0 Å². The molecule has 1 unspecified atom stereocenters. The molecule has 2 saturated heterocycles. The van der Waals surface area contributed by atoms with E-state index in [0.29, 0.717) is 25.5 Å². The van der Waals surface area contributed by atoms with Gasteiger partial charge in [-0.15, -0.1) is 0 Å². The van der Waals surface area contributed by atoms with E-state index >= 15 is 0 Å². The molecule has 0 radical (unpaired) electrons. The molecule has 3 aromatic carbocycles. The van der Waals surface area contributed by atoms with Crippen molar-refractivity contribution < 1.29 is 19.4 Å². The number of hydrogen-bond donors (Lipinski definition) is 1. The third kappa shape index (κ3) is 5.43. The predicted octanol–water partition coefficient (Wildman–Crippen LogP) is 4.56. The summed E-state index contributed by atoms with van der Waals surface area (Å²) in [5.74, 6) is 1.10. The minimum atomic E-state index is -0.554. The Labute approximate surface area is 201 Å². The topological polar surface area (TPSA) is 59.0 Å². The van der Waals surface area contributed by atoms with Gasteiger partial charge in [-0.25, -0.2) is 0 Å². The number of carbonyl (C=O) groups is 1. The van der Waals surface area contributed by atoms with Gasteiger partial charge in [-0.05, 0) is 72.7 Å². The molecular formula is C29H33NO4. The zero-order valence-corrected chi connectivity index (χ0v) is 19.6. The molecule has 0 amide bonds. The molecule has 0 aromatic heterocycles. The summed E-state index contributed by atoms with van der Waals surface area (Å²) in [5, 5.41) is 13.2. The Balaban J connectivity index is 1.10. The molecule has 0 saturated carbocycles. The molecule has 2 fully saturated rings. The predicted molar refractivity (Wildman–Crippen MR) is 133 cm³/mol. The highest BCUT2D eigenvalue weighted by Gasteiger charge is 2.28. The second-order valence-corrected chi connectivity index (χ2v) is 9.61. The van der Waals surface area contributed by atoms with Crippen LogP contribution >= 0.6 is 0 Å². The zero-order chi connectivity index (χ0) is 23.3. The molecule has 1 N–H and O–H groups in total. The van der Waals surface area contributed by atoms with E-state index in [1.807, 2.05) is 24.3 Å². The van der Waals surface area contributed by atoms with Crippen LogP contribution in [-0.4, -0.2) is 54.9 Å². The smallest absolute Gasteiger partial charge is 0.309 e. The van der Waals surface area contributed by atoms with Crippen molar-refractivity contribution in [3.05, 3.63) is 77.9 Å². The monoisotopic (exact) mass is 459 g/mol. The number of rotatable bonds is 8. The van der Waals surface area contributed by atoms with E-state index < -0.39 is 6.10 Å². The molecule has 0 bridgehead atoms. The molecule has 3 aromatic rings. The lowest BCUT2D eigenvalue weighted by molar-refractivity contribution is -0.141. The van der Waals surface area contributed by atoms with E-state index in [-0.39, 0.29) is 18.5 Å². The lowest BCUT2D eigenvalue weighted by atomic mass is 9.88. The van der Waals surface area contributed by atoms with Crippen molar-refractivity contribution in [2.45, 2.75) is 37.7 Å². The summed E-state index contributed by atoms with van der Waals surface area (Å²) in [5.41, 5.74) is 2.42. The molecule has 5 heteroatoms. The maximum atomic E-state index is 11.8. The first-order chi connectivity index (χ1) is 16.7. The second kappa shape index (κ2) is 10.6. The van der Waals surface area contributed by atoms with Crippen LogP contribution in [0.2, 0.25) is 0 Å². The molecule has 5 rings (SSSR count). The number of hydrogen-bond acceptors (Lipinski definition) is 5. The van der Waals surface area contributed by atoms with Gasteiger partial charge in [0.05, 0.1) is 12.5 Å². The van der Waals surface area contributed by atoms with Gasteiger partial charge in [-0.3, -0.25) is 4.79 Å². The Kier molecular flexibility index (Phi) is 7.12. The molecule has 0 spiro atoms. The summed E-state index contributed by atoms with van der Waals surface area (Å²) in [6, 6.07) is 23.1. The molecule has 0 aliphatic carbocycles. The lowest BCUT2D eigenvalue weighted by Gasteiger charge is -2.33. The van der Waals surface area contributed by atoms with Gasteiger partial charge in [0.25, 0.3) is 0 Å². The number of benzene rings is 3. The van der Waals surface area contributed by atoms with E-state index in [2.05, 4.69) is 47.4 Å². The Bertz CT molecular complexity index is 1120. The Morgan fingerprint density at radius 3 is 2.53 bits per heavy atom. The molecule has 5 nitrogen and oxygen atoms in total. The first-order valence-electron chi connectivity index (χ1n) is 12.4. The highest BCUT2D eigenvalue weighted by molar-refractivity contribution is 5.83. The number of para-hydroxylation sites is 1. The molecular weight excluding hydrogens is 426 g/mol. The summed E-state index contributed by atoms with van der Waals surface area (Å²) >= 11 is 0. The van der Waals surface area contributed by atoms with Crippen LogP contribution in [0.25, 0.3) is 10.8 Å². The quantitative estimate of drug-likeness (QED) is 0.500. The number of β-amino-alcohol motifs (C(OH)–C–C–N with tert-alkyl or cyclic N) is 1. The first kappa shape index (κ1) is 22.9. The normalized spacial score (nSPS) is 20.4. The second-order valence-electron chi connectivity index (χ2n) is 9.61. The van der Waals surface area contributed by atoms with Gasteiger partial charge in [0.1, 0.15) is 18.5 Å². The maximum absolute atomic E-state index is 11.8. The number of ether oxygens (including phenoxy) is 2. The third-order valence-corrected chi connectivity index (χ3v) is 7.22. The highest BCUT2D eigenvalue weighted by Crippen LogP contribution is 2.30. The SMILES string of the molecule is O=C1OCCC1Cc1ccccc1OC[C@@H](O)CN1CCC(c2ccc3ccccc3c2)CC1. The largest absolute Gasteiger partial charge is 0.491 e. The van der Waals surface area contributed by atoms with Crippen molar-refractivity contribution in [1.82, 2.24) is 4.90 Å². The van der Waals surface area contributed by atoms with Crippen LogP contribution in [-0.2, 0) is 16.0 Å². The Morgan fingerprint density at radius 1 is 0.971 bits per heavy atom. The van der Waals surface area contributed by atoms with Crippen molar-refractivity contribution in [3.8, 4) is 5.75 Å². The summed E-state index contributed by atoms with van der Waals surface area (Å²) in [4.78, 5) is 14.2. The van der Waals surface area contributed by atoms with Crippen LogP contribution in [0, 0.1) is 5.92 Å². The van der Waals surface area contributed by atoms with Crippen LogP contribution in [0.3, 0.4) is 0 Å². The van der Waals surface area contributed by atoms with Crippen LogP contribution in [0.5, 0.6) is 5.75 Å². The van der Waals surface area contributed by atoms with E-state index in [1.165, 1.54) is 16.3 Å². The number of cyclic esters (lactones) is 1. The van der Waals surface area contributed by atoms with Crippen molar-refractivity contribution >= 4 is 16.7 Å². The van der Waals surface area contributed by atoms with Crippen LogP contribution in [0.1, 0.15) is 36.3 Å². The van der Waals surface area contributed by atoms with Gasteiger partial charge in [-0.2, -0.15) is 0 Å². The minimum absolute atomic E-state index is 0.0985. The van der Waals surface area contributed by atoms with Gasteiger partial charge in [0, 0.05) is 6.54 Å². The average molecular weight is 460 g/mol. The molecule has 34 heavy (non-hydrogen) atoms. The number of nitrogens with zero attached hydrogens (tertiary/aromatic N) is 1. The number of likely N-dealkylation sites (tertiary alicyclic amines) is 1. The van der Waals surface area contributed by atoms with E-state index in [4.69, 9.17) is 9.47 Å². The number of aliphatic hydroxyl groups is 1. The minimum Gasteiger partial charge on any atom is -0.491 e. The maximum Gasteiger partial charge on any atom is 0.309 e. The lowest BCUT2D eigenvalue weighted by Crippen LogP contribution is -2.40. The summed E-state index contributed by atoms with van der Waals surface area (Å²) < 4.78 is 11.1. The van der Waals surface area contributed by atoms with Crippen molar-refractivity contribution in [2.24, 2.45) is 5.92 Å².